The molecule has 258 valence electrons. The Hall–Kier alpha value is -7.42. The highest BCUT2D eigenvalue weighted by Crippen LogP contribution is 2.43. The average molecular weight is 706 g/mol. The van der Waals surface area contributed by atoms with E-state index in [1.54, 1.807) is 0 Å². The summed E-state index contributed by atoms with van der Waals surface area (Å²) in [5.41, 5.74) is 14.1. The molecule has 0 bridgehead atoms. The van der Waals surface area contributed by atoms with Gasteiger partial charge in [0.05, 0.1) is 39.6 Å². The van der Waals surface area contributed by atoms with Crippen LogP contribution in [0.3, 0.4) is 0 Å². The molecule has 0 saturated carbocycles. The number of benzene rings is 7. The Morgan fingerprint density at radius 3 is 1.91 bits per heavy atom. The Bertz CT molecular complexity index is 3400. The summed E-state index contributed by atoms with van der Waals surface area (Å²) in [7, 11) is 2.12. The molecular weight excluding hydrogens is 673 g/mol. The molecule has 0 fully saturated rings. The van der Waals surface area contributed by atoms with Gasteiger partial charge in [-0.1, -0.05) is 109 Å². The zero-order valence-electron chi connectivity index (χ0n) is 30.3. The zero-order valence-corrected chi connectivity index (χ0v) is 30.3. The van der Waals surface area contributed by atoms with Crippen molar-refractivity contribution >= 4 is 71.2 Å². The van der Waals surface area contributed by atoms with Gasteiger partial charge in [0.2, 0.25) is 5.69 Å². The van der Waals surface area contributed by atoms with Crippen molar-refractivity contribution < 1.29 is 8.98 Å². The number of furan rings is 1. The van der Waals surface area contributed by atoms with Crippen LogP contribution in [0.25, 0.3) is 104 Å². The second kappa shape index (κ2) is 11.8. The van der Waals surface area contributed by atoms with E-state index in [0.717, 1.165) is 72.2 Å². The third-order valence-corrected chi connectivity index (χ3v) is 11.3. The largest absolute Gasteiger partial charge is 0.456 e. The van der Waals surface area contributed by atoms with Crippen LogP contribution in [0.4, 0.5) is 5.69 Å². The molecule has 11 rings (SSSR count). The van der Waals surface area contributed by atoms with Gasteiger partial charge in [-0.25, -0.2) is 9.41 Å². The Morgan fingerprint density at radius 2 is 1.16 bits per heavy atom. The van der Waals surface area contributed by atoms with Gasteiger partial charge in [-0.2, -0.15) is 0 Å². The Morgan fingerprint density at radius 1 is 0.545 bits per heavy atom. The monoisotopic (exact) mass is 705 g/mol. The van der Waals surface area contributed by atoms with E-state index in [9.17, 15) is 0 Å². The van der Waals surface area contributed by atoms with E-state index in [1.807, 2.05) is 24.3 Å². The summed E-state index contributed by atoms with van der Waals surface area (Å²) in [6.07, 6.45) is 2.26. The molecule has 0 saturated heterocycles. The lowest BCUT2D eigenvalue weighted by Crippen LogP contribution is -2.30. The predicted octanol–water partition coefficient (Wildman–Crippen LogP) is 12.8. The maximum absolute atomic E-state index is 8.00. The van der Waals surface area contributed by atoms with Crippen molar-refractivity contribution in [1.29, 1.82) is 0 Å². The number of aromatic nitrogens is 3. The molecule has 0 spiro atoms. The molecule has 4 aromatic heterocycles. The summed E-state index contributed by atoms with van der Waals surface area (Å²) < 4.78 is 13.8. The van der Waals surface area contributed by atoms with E-state index in [-0.39, 0.29) is 0 Å². The van der Waals surface area contributed by atoms with Crippen molar-refractivity contribution in [2.45, 2.75) is 6.92 Å². The third-order valence-electron chi connectivity index (χ3n) is 11.3. The van der Waals surface area contributed by atoms with Crippen molar-refractivity contribution in [2.75, 3.05) is 0 Å². The van der Waals surface area contributed by atoms with Gasteiger partial charge in [-0.15, -0.1) is 0 Å². The van der Waals surface area contributed by atoms with Crippen LogP contribution in [0.2, 0.25) is 0 Å². The van der Waals surface area contributed by atoms with Crippen molar-refractivity contribution in [3.63, 3.8) is 0 Å². The molecule has 0 aliphatic rings. The van der Waals surface area contributed by atoms with Gasteiger partial charge >= 0.3 is 0 Å². The molecule has 0 radical (unpaired) electrons. The Kier molecular flexibility index (Phi) is 6.68. The fourth-order valence-electron chi connectivity index (χ4n) is 8.77. The number of hydrogen-bond acceptors (Lipinski definition) is 1. The molecule has 7 aromatic carbocycles. The maximum atomic E-state index is 8.00. The molecule has 0 aliphatic carbocycles. The summed E-state index contributed by atoms with van der Waals surface area (Å²) >= 11 is 0. The van der Waals surface area contributed by atoms with Crippen LogP contribution < -0.4 is 4.57 Å². The topological polar surface area (TPSA) is 31.2 Å². The number of nitrogens with zero attached hydrogens (tertiary/aromatic N) is 4. The van der Waals surface area contributed by atoms with E-state index in [2.05, 4.69) is 172 Å². The molecule has 0 unspecified atom stereocenters. The van der Waals surface area contributed by atoms with Crippen LogP contribution in [0, 0.1) is 13.5 Å². The standard InChI is InChI=1S/C50H33N4O/c1-31-22-24-38-40-27-39(32-14-6-4-7-15-32)42(51-2)28-48(40)55-50(38)49(31)47-29-46-41(30-52(47)3)36-19-11-13-21-44(36)54(46)34-23-25-37-35-18-10-12-20-43(35)53(45(37)26-34)33-16-8-5-9-17-33/h4-30H,1,3H3/q+1. The number of rotatable bonds is 4. The van der Waals surface area contributed by atoms with Crippen LogP contribution in [0.15, 0.2) is 168 Å². The van der Waals surface area contributed by atoms with Crippen LogP contribution >= 0.6 is 0 Å². The quantitative estimate of drug-likeness (QED) is 0.132. The van der Waals surface area contributed by atoms with Crippen LogP contribution in [0.5, 0.6) is 0 Å². The van der Waals surface area contributed by atoms with E-state index in [4.69, 9.17) is 11.0 Å². The number of fused-ring (bicyclic) bond motifs is 9. The van der Waals surface area contributed by atoms with Gasteiger partial charge in [-0.3, -0.25) is 0 Å². The summed E-state index contributed by atoms with van der Waals surface area (Å²) in [4.78, 5) is 3.91. The van der Waals surface area contributed by atoms with E-state index >= 15 is 0 Å². The van der Waals surface area contributed by atoms with Gasteiger partial charge in [0, 0.05) is 44.4 Å². The molecule has 4 heterocycles. The highest BCUT2D eigenvalue weighted by molar-refractivity contribution is 6.14. The zero-order chi connectivity index (χ0) is 36.8. The highest BCUT2D eigenvalue weighted by Gasteiger charge is 2.25. The van der Waals surface area contributed by atoms with Crippen LogP contribution in [0.1, 0.15) is 5.56 Å². The summed E-state index contributed by atoms with van der Waals surface area (Å²) in [5, 5.41) is 6.86. The first-order valence-electron chi connectivity index (χ1n) is 18.5. The normalized spacial score (nSPS) is 11.8. The van der Waals surface area contributed by atoms with Crippen molar-refractivity contribution in [2.24, 2.45) is 7.05 Å². The maximum Gasteiger partial charge on any atom is 0.218 e. The fourth-order valence-corrected chi connectivity index (χ4v) is 8.77. The molecule has 0 N–H and O–H groups in total. The van der Waals surface area contributed by atoms with E-state index in [0.29, 0.717) is 11.3 Å². The molecule has 5 heteroatoms. The van der Waals surface area contributed by atoms with Crippen molar-refractivity contribution in [3.8, 4) is 33.8 Å². The smallest absolute Gasteiger partial charge is 0.218 e. The number of hydrogen-bond donors (Lipinski definition) is 0. The summed E-state index contributed by atoms with van der Waals surface area (Å²) in [6, 6.07) is 55.7. The van der Waals surface area contributed by atoms with E-state index < -0.39 is 0 Å². The Balaban J connectivity index is 1.18. The summed E-state index contributed by atoms with van der Waals surface area (Å²) in [5.74, 6) is 0. The molecule has 0 aliphatic heterocycles. The lowest BCUT2D eigenvalue weighted by atomic mass is 9.98. The molecular formula is C50H33N4O+. The molecule has 5 nitrogen and oxygen atoms in total. The van der Waals surface area contributed by atoms with Gasteiger partial charge in [0.15, 0.2) is 11.9 Å². The second-order valence-electron chi connectivity index (χ2n) is 14.4. The minimum Gasteiger partial charge on any atom is -0.456 e. The van der Waals surface area contributed by atoms with Gasteiger partial charge in [-0.05, 0) is 66.1 Å². The lowest BCUT2D eigenvalue weighted by Gasteiger charge is -2.12. The van der Waals surface area contributed by atoms with Crippen LogP contribution in [-0.2, 0) is 7.05 Å². The minimum atomic E-state index is 0.579. The van der Waals surface area contributed by atoms with Gasteiger partial charge in [0.1, 0.15) is 18.2 Å². The fraction of sp³-hybridized carbons (Fsp3) is 0.0400. The van der Waals surface area contributed by atoms with Crippen molar-refractivity contribution in [1.82, 2.24) is 9.13 Å². The molecule has 0 atom stereocenters. The third kappa shape index (κ3) is 4.55. The Labute approximate surface area is 317 Å². The van der Waals surface area contributed by atoms with Gasteiger partial charge in [0.25, 0.3) is 0 Å². The van der Waals surface area contributed by atoms with Crippen molar-refractivity contribution in [3.05, 3.63) is 181 Å². The highest BCUT2D eigenvalue weighted by atomic mass is 16.3. The summed E-state index contributed by atoms with van der Waals surface area (Å²) in [6.45, 7) is 10.2. The average Bonchev–Trinajstić information content (AvgIpc) is 3.87. The first-order chi connectivity index (χ1) is 27.1. The van der Waals surface area contributed by atoms with Crippen LogP contribution in [-0.4, -0.2) is 9.13 Å². The van der Waals surface area contributed by atoms with E-state index in [1.165, 1.54) is 27.1 Å². The van der Waals surface area contributed by atoms with Gasteiger partial charge < -0.3 is 13.6 Å². The lowest BCUT2D eigenvalue weighted by molar-refractivity contribution is -0.659. The molecule has 0 amide bonds. The molecule has 55 heavy (non-hydrogen) atoms. The number of pyridine rings is 1. The SMILES string of the molecule is [C-]#[N+]c1cc2oc3c(-c4cc5c(c[n+]4C)c4ccccc4n5-c4ccc5c6ccccc6n(-c6ccccc6)c5c4)c(C)ccc3c2cc1-c1ccccc1. The number of para-hydroxylation sites is 3. The first kappa shape index (κ1) is 31.1. The molecule has 11 aromatic rings. The minimum absolute atomic E-state index is 0.579. The predicted molar refractivity (Wildman–Crippen MR) is 225 cm³/mol. The first-order valence-corrected chi connectivity index (χ1v) is 18.5. The number of aryl methyl sites for hydroxylation is 2. The second-order valence-corrected chi connectivity index (χ2v) is 14.4.